The highest BCUT2D eigenvalue weighted by Gasteiger charge is 2.19. The van der Waals surface area contributed by atoms with Gasteiger partial charge in [-0.25, -0.2) is 0 Å². The number of anilines is 2. The van der Waals surface area contributed by atoms with E-state index in [1.54, 1.807) is 0 Å². The number of rotatable bonds is 4. The molecule has 2 aromatic rings. The van der Waals surface area contributed by atoms with Crippen LogP contribution in [0.3, 0.4) is 0 Å². The van der Waals surface area contributed by atoms with Crippen LogP contribution in [-0.2, 0) is 6.42 Å². The first-order chi connectivity index (χ1) is 10.7. The van der Waals surface area contributed by atoms with Crippen molar-refractivity contribution in [1.82, 2.24) is 0 Å². The summed E-state index contributed by atoms with van der Waals surface area (Å²) in [5.41, 5.74) is 3.92. The number of nitrogens with zero attached hydrogens (tertiary/aromatic N) is 1. The Labute approximate surface area is 138 Å². The van der Waals surface area contributed by atoms with Gasteiger partial charge < -0.3 is 10.2 Å². The minimum absolute atomic E-state index is 0.548. The lowest BCUT2D eigenvalue weighted by molar-refractivity contribution is 0.527. The molecule has 1 aliphatic rings. The molecule has 0 spiro atoms. The number of nitrogens with one attached hydrogen (secondary N) is 1. The third-order valence-corrected chi connectivity index (χ3v) is 4.67. The van der Waals surface area contributed by atoms with E-state index in [9.17, 15) is 0 Å². The molecule has 0 aliphatic carbocycles. The van der Waals surface area contributed by atoms with Crippen LogP contribution >= 0.6 is 11.6 Å². The Balaban J connectivity index is 1.54. The lowest BCUT2D eigenvalue weighted by Crippen LogP contribution is -2.39. The van der Waals surface area contributed by atoms with Crippen molar-refractivity contribution in [3.63, 3.8) is 0 Å². The van der Waals surface area contributed by atoms with Crippen LogP contribution in [0.5, 0.6) is 0 Å². The molecular weight excluding hydrogens is 292 g/mol. The molecule has 116 valence electrons. The van der Waals surface area contributed by atoms with Crippen LogP contribution in [-0.4, -0.2) is 19.1 Å². The average Bonchev–Trinajstić information content (AvgIpc) is 2.58. The first kappa shape index (κ1) is 15.2. The normalized spacial score (nSPS) is 15.8. The van der Waals surface area contributed by atoms with Crippen LogP contribution < -0.4 is 10.2 Å². The van der Waals surface area contributed by atoms with Gasteiger partial charge in [0.2, 0.25) is 0 Å². The third kappa shape index (κ3) is 3.75. The number of hydrogen-bond donors (Lipinski definition) is 1. The summed E-state index contributed by atoms with van der Waals surface area (Å²) in [6, 6.07) is 17.5. The summed E-state index contributed by atoms with van der Waals surface area (Å²) in [4.78, 5) is 2.49. The van der Waals surface area contributed by atoms with Gasteiger partial charge in [0, 0.05) is 35.5 Å². The monoisotopic (exact) mass is 314 g/mol. The second-order valence-electron chi connectivity index (χ2n) is 5.93. The Morgan fingerprint density at radius 1 is 1.00 bits per heavy atom. The van der Waals surface area contributed by atoms with Crippen molar-refractivity contribution in [3.8, 4) is 0 Å². The summed E-state index contributed by atoms with van der Waals surface area (Å²) in [6.07, 6.45) is 3.43. The SMILES string of the molecule is CCc1ccc(N2CCC(Nc3ccc(Cl)cc3)CC2)cc1. The van der Waals surface area contributed by atoms with Gasteiger partial charge in [-0.15, -0.1) is 0 Å². The fourth-order valence-electron chi connectivity index (χ4n) is 3.01. The van der Waals surface area contributed by atoms with Gasteiger partial charge >= 0.3 is 0 Å². The zero-order valence-corrected chi connectivity index (χ0v) is 13.8. The summed E-state index contributed by atoms with van der Waals surface area (Å²) in [5, 5.41) is 4.40. The molecule has 0 amide bonds. The molecule has 22 heavy (non-hydrogen) atoms. The Morgan fingerprint density at radius 2 is 1.64 bits per heavy atom. The minimum atomic E-state index is 0.548. The van der Waals surface area contributed by atoms with E-state index in [0.29, 0.717) is 6.04 Å². The van der Waals surface area contributed by atoms with Crippen molar-refractivity contribution in [2.75, 3.05) is 23.3 Å². The van der Waals surface area contributed by atoms with Crippen molar-refractivity contribution in [1.29, 1.82) is 0 Å². The summed E-state index contributed by atoms with van der Waals surface area (Å²) < 4.78 is 0. The molecule has 1 saturated heterocycles. The van der Waals surface area contributed by atoms with Crippen LogP contribution in [0.1, 0.15) is 25.3 Å². The van der Waals surface area contributed by atoms with Crippen molar-refractivity contribution >= 4 is 23.0 Å². The highest BCUT2D eigenvalue weighted by molar-refractivity contribution is 6.30. The summed E-state index contributed by atoms with van der Waals surface area (Å²) >= 11 is 5.93. The molecule has 2 nitrogen and oxygen atoms in total. The van der Waals surface area contributed by atoms with Gasteiger partial charge in [-0.2, -0.15) is 0 Å². The highest BCUT2D eigenvalue weighted by Crippen LogP contribution is 2.23. The van der Waals surface area contributed by atoms with Crippen LogP contribution in [0.4, 0.5) is 11.4 Å². The quantitative estimate of drug-likeness (QED) is 0.856. The standard InChI is InChI=1S/C19H23ClN2/c1-2-15-3-9-19(10-4-15)22-13-11-18(12-14-22)21-17-7-5-16(20)6-8-17/h3-10,18,21H,2,11-14H2,1H3. The van der Waals surface area contributed by atoms with Crippen molar-refractivity contribution in [2.45, 2.75) is 32.2 Å². The van der Waals surface area contributed by atoms with Gasteiger partial charge in [-0.3, -0.25) is 0 Å². The van der Waals surface area contributed by atoms with E-state index in [4.69, 9.17) is 11.6 Å². The highest BCUT2D eigenvalue weighted by atomic mass is 35.5. The molecule has 3 heteroatoms. The van der Waals surface area contributed by atoms with E-state index in [-0.39, 0.29) is 0 Å². The van der Waals surface area contributed by atoms with E-state index in [1.165, 1.54) is 11.3 Å². The smallest absolute Gasteiger partial charge is 0.0407 e. The maximum Gasteiger partial charge on any atom is 0.0407 e. The van der Waals surface area contributed by atoms with Gasteiger partial charge in [-0.05, 0) is 61.2 Å². The molecule has 1 heterocycles. The third-order valence-electron chi connectivity index (χ3n) is 4.42. The number of piperidine rings is 1. The van der Waals surface area contributed by atoms with Crippen LogP contribution in [0.15, 0.2) is 48.5 Å². The molecule has 0 bridgehead atoms. The second kappa shape index (κ2) is 7.06. The van der Waals surface area contributed by atoms with Gasteiger partial charge in [0.05, 0.1) is 0 Å². The van der Waals surface area contributed by atoms with Gasteiger partial charge in [-0.1, -0.05) is 30.7 Å². The van der Waals surface area contributed by atoms with Gasteiger partial charge in [0.15, 0.2) is 0 Å². The van der Waals surface area contributed by atoms with Crippen molar-refractivity contribution in [3.05, 3.63) is 59.1 Å². The molecule has 0 saturated carbocycles. The largest absolute Gasteiger partial charge is 0.382 e. The molecule has 1 N–H and O–H groups in total. The minimum Gasteiger partial charge on any atom is -0.382 e. The molecule has 3 rings (SSSR count). The van der Waals surface area contributed by atoms with E-state index in [1.807, 2.05) is 12.1 Å². The van der Waals surface area contributed by atoms with Gasteiger partial charge in [0.1, 0.15) is 0 Å². The first-order valence-corrected chi connectivity index (χ1v) is 8.48. The second-order valence-corrected chi connectivity index (χ2v) is 6.37. The number of halogens is 1. The number of aryl methyl sites for hydroxylation is 1. The first-order valence-electron chi connectivity index (χ1n) is 8.10. The lowest BCUT2D eigenvalue weighted by Gasteiger charge is -2.34. The van der Waals surface area contributed by atoms with E-state index in [2.05, 4.69) is 53.5 Å². The maximum absolute atomic E-state index is 5.93. The van der Waals surface area contributed by atoms with E-state index in [0.717, 1.165) is 43.1 Å². The number of benzene rings is 2. The summed E-state index contributed by atoms with van der Waals surface area (Å²) in [7, 11) is 0. The summed E-state index contributed by atoms with van der Waals surface area (Å²) in [6.45, 7) is 4.41. The molecule has 0 radical (unpaired) electrons. The predicted octanol–water partition coefficient (Wildman–Crippen LogP) is 4.98. The van der Waals surface area contributed by atoms with Crippen LogP contribution in [0.25, 0.3) is 0 Å². The van der Waals surface area contributed by atoms with Crippen molar-refractivity contribution in [2.24, 2.45) is 0 Å². The lowest BCUT2D eigenvalue weighted by atomic mass is 10.0. The predicted molar refractivity (Wildman–Crippen MR) is 96.1 cm³/mol. The Hall–Kier alpha value is -1.67. The molecular formula is C19H23ClN2. The Bertz CT molecular complexity index is 584. The van der Waals surface area contributed by atoms with Crippen LogP contribution in [0, 0.1) is 0 Å². The molecule has 0 aromatic heterocycles. The molecule has 0 unspecified atom stereocenters. The molecule has 0 atom stereocenters. The molecule has 2 aromatic carbocycles. The van der Waals surface area contributed by atoms with Crippen molar-refractivity contribution < 1.29 is 0 Å². The molecule has 1 aliphatic heterocycles. The average molecular weight is 315 g/mol. The zero-order chi connectivity index (χ0) is 15.4. The Kier molecular flexibility index (Phi) is 4.89. The topological polar surface area (TPSA) is 15.3 Å². The molecule has 1 fully saturated rings. The van der Waals surface area contributed by atoms with E-state index < -0.39 is 0 Å². The van der Waals surface area contributed by atoms with E-state index >= 15 is 0 Å². The Morgan fingerprint density at radius 3 is 2.23 bits per heavy atom. The fraction of sp³-hybridized carbons (Fsp3) is 0.368. The van der Waals surface area contributed by atoms with Crippen LogP contribution in [0.2, 0.25) is 5.02 Å². The fourth-order valence-corrected chi connectivity index (χ4v) is 3.13. The van der Waals surface area contributed by atoms with Gasteiger partial charge in [0.25, 0.3) is 0 Å². The zero-order valence-electron chi connectivity index (χ0n) is 13.1. The number of hydrogen-bond acceptors (Lipinski definition) is 2. The maximum atomic E-state index is 5.93. The summed E-state index contributed by atoms with van der Waals surface area (Å²) in [5.74, 6) is 0.